The first-order chi connectivity index (χ1) is 6.60. The molecule has 1 rings (SSSR count). The highest BCUT2D eigenvalue weighted by atomic mass is 16.5. The summed E-state index contributed by atoms with van der Waals surface area (Å²) < 4.78 is 4.76. The zero-order valence-electron chi connectivity index (χ0n) is 9.30. The fourth-order valence-electron chi connectivity index (χ4n) is 1.81. The largest absolute Gasteiger partial charge is 0.375 e. The molecular weight excluding hydrogens is 180 g/mol. The summed E-state index contributed by atoms with van der Waals surface area (Å²) in [5.41, 5.74) is 0.198. The molecule has 1 N–H and O–H groups in total. The van der Waals surface area contributed by atoms with Crippen molar-refractivity contribution in [3.63, 3.8) is 0 Å². The van der Waals surface area contributed by atoms with E-state index in [2.05, 4.69) is 24.3 Å². The van der Waals surface area contributed by atoms with Crippen LogP contribution in [0.5, 0.6) is 0 Å². The second kappa shape index (κ2) is 4.75. The number of amides is 1. The van der Waals surface area contributed by atoms with Crippen LogP contribution >= 0.6 is 0 Å². The van der Waals surface area contributed by atoms with Crippen molar-refractivity contribution >= 4 is 5.91 Å². The molecule has 1 aliphatic carbocycles. The molecule has 1 fully saturated rings. The number of carbonyl (C=O) groups is 1. The van der Waals surface area contributed by atoms with Crippen LogP contribution < -0.4 is 5.32 Å². The van der Waals surface area contributed by atoms with E-state index in [1.807, 2.05) is 0 Å². The highest BCUT2D eigenvalue weighted by Gasteiger charge is 2.38. The lowest BCUT2D eigenvalue weighted by atomic mass is 9.75. The summed E-state index contributed by atoms with van der Waals surface area (Å²) in [7, 11) is 5.67. The Hall–Kier alpha value is -0.610. The van der Waals surface area contributed by atoms with E-state index in [-0.39, 0.29) is 18.1 Å². The summed E-state index contributed by atoms with van der Waals surface area (Å²) in [4.78, 5) is 13.4. The number of nitrogens with zero attached hydrogens (tertiary/aromatic N) is 1. The zero-order chi connectivity index (χ0) is 10.6. The van der Waals surface area contributed by atoms with Gasteiger partial charge in [0.1, 0.15) is 6.61 Å². The number of ether oxygens (including phenoxy) is 1. The van der Waals surface area contributed by atoms with Gasteiger partial charge in [0.15, 0.2) is 0 Å². The van der Waals surface area contributed by atoms with Crippen molar-refractivity contribution in [3.05, 3.63) is 0 Å². The topological polar surface area (TPSA) is 41.6 Å². The van der Waals surface area contributed by atoms with Gasteiger partial charge in [0.2, 0.25) is 5.91 Å². The minimum Gasteiger partial charge on any atom is -0.375 e. The molecule has 0 aromatic rings. The van der Waals surface area contributed by atoms with Gasteiger partial charge in [-0.1, -0.05) is 0 Å². The van der Waals surface area contributed by atoms with Crippen molar-refractivity contribution < 1.29 is 9.53 Å². The maximum absolute atomic E-state index is 11.2. The highest BCUT2D eigenvalue weighted by Crippen LogP contribution is 2.35. The number of hydrogen-bond donors (Lipinski definition) is 1. The molecular formula is C10H20N2O2. The van der Waals surface area contributed by atoms with Crippen molar-refractivity contribution in [2.24, 2.45) is 0 Å². The molecule has 4 nitrogen and oxygen atoms in total. The summed E-state index contributed by atoms with van der Waals surface area (Å²) in [5, 5.41) is 2.90. The molecule has 1 amide bonds. The highest BCUT2D eigenvalue weighted by molar-refractivity contribution is 5.77. The predicted octanol–water partition coefficient (Wildman–Crippen LogP) is 0.233. The van der Waals surface area contributed by atoms with Crippen LogP contribution in [-0.4, -0.2) is 50.7 Å². The summed E-state index contributed by atoms with van der Waals surface area (Å²) in [5.74, 6) is -0.0272. The van der Waals surface area contributed by atoms with E-state index in [1.54, 1.807) is 0 Å². The van der Waals surface area contributed by atoms with E-state index in [1.165, 1.54) is 26.4 Å². The second-order valence-electron chi connectivity index (χ2n) is 4.18. The molecule has 0 aromatic heterocycles. The van der Waals surface area contributed by atoms with Gasteiger partial charge in [-0.2, -0.15) is 0 Å². The maximum Gasteiger partial charge on any atom is 0.246 e. The summed E-state index contributed by atoms with van der Waals surface area (Å²) in [6.07, 6.45) is 3.61. The smallest absolute Gasteiger partial charge is 0.246 e. The molecule has 0 spiro atoms. The first-order valence-corrected chi connectivity index (χ1v) is 5.04. The average molecular weight is 200 g/mol. The van der Waals surface area contributed by atoms with Crippen molar-refractivity contribution in [1.29, 1.82) is 0 Å². The molecule has 0 atom stereocenters. The third-order valence-electron chi connectivity index (χ3n) is 3.12. The minimum atomic E-state index is -0.0272. The molecule has 0 radical (unpaired) electrons. The summed E-state index contributed by atoms with van der Waals surface area (Å²) in [6.45, 7) is 0.895. The number of methoxy groups -OCH3 is 1. The molecule has 0 heterocycles. The lowest BCUT2D eigenvalue weighted by molar-refractivity contribution is -0.125. The van der Waals surface area contributed by atoms with Crippen LogP contribution in [0.25, 0.3) is 0 Å². The Kier molecular flexibility index (Phi) is 3.89. The van der Waals surface area contributed by atoms with Crippen molar-refractivity contribution in [2.45, 2.75) is 24.8 Å². The van der Waals surface area contributed by atoms with E-state index in [4.69, 9.17) is 4.74 Å². The van der Waals surface area contributed by atoms with Gasteiger partial charge in [0.25, 0.3) is 0 Å². The molecule has 0 saturated heterocycles. The molecule has 0 bridgehead atoms. The van der Waals surface area contributed by atoms with Crippen molar-refractivity contribution in [2.75, 3.05) is 34.4 Å². The first kappa shape index (κ1) is 11.5. The van der Waals surface area contributed by atoms with Crippen LogP contribution in [0.2, 0.25) is 0 Å². The number of nitrogens with one attached hydrogen (secondary N) is 1. The third kappa shape index (κ3) is 2.45. The number of rotatable bonds is 5. The van der Waals surface area contributed by atoms with Crippen LogP contribution in [0.1, 0.15) is 19.3 Å². The van der Waals surface area contributed by atoms with Crippen LogP contribution in [0.15, 0.2) is 0 Å². The maximum atomic E-state index is 11.2. The van der Waals surface area contributed by atoms with Gasteiger partial charge in [0, 0.05) is 19.2 Å². The van der Waals surface area contributed by atoms with Gasteiger partial charge in [-0.15, -0.1) is 0 Å². The van der Waals surface area contributed by atoms with Gasteiger partial charge in [0.05, 0.1) is 0 Å². The lowest BCUT2D eigenvalue weighted by Crippen LogP contribution is -2.57. The molecule has 14 heavy (non-hydrogen) atoms. The first-order valence-electron chi connectivity index (χ1n) is 5.04. The molecule has 4 heteroatoms. The monoisotopic (exact) mass is 200 g/mol. The fourth-order valence-corrected chi connectivity index (χ4v) is 1.81. The van der Waals surface area contributed by atoms with E-state index in [9.17, 15) is 4.79 Å². The van der Waals surface area contributed by atoms with Crippen molar-refractivity contribution in [3.8, 4) is 0 Å². The Morgan fingerprint density at radius 1 is 1.50 bits per heavy atom. The van der Waals surface area contributed by atoms with Crippen LogP contribution in [-0.2, 0) is 9.53 Å². The normalized spacial score (nSPS) is 19.1. The van der Waals surface area contributed by atoms with Crippen molar-refractivity contribution in [1.82, 2.24) is 10.2 Å². The Balaban J connectivity index is 2.31. The van der Waals surface area contributed by atoms with Gasteiger partial charge >= 0.3 is 0 Å². The van der Waals surface area contributed by atoms with Crippen LogP contribution in [0, 0.1) is 0 Å². The molecule has 1 saturated carbocycles. The Bertz CT molecular complexity index is 200. The van der Waals surface area contributed by atoms with E-state index in [0.717, 1.165) is 6.54 Å². The second-order valence-corrected chi connectivity index (χ2v) is 4.18. The van der Waals surface area contributed by atoms with E-state index < -0.39 is 0 Å². The number of hydrogen-bond acceptors (Lipinski definition) is 3. The summed E-state index contributed by atoms with van der Waals surface area (Å²) >= 11 is 0. The molecule has 82 valence electrons. The van der Waals surface area contributed by atoms with Gasteiger partial charge in [-0.3, -0.25) is 4.79 Å². The average Bonchev–Trinajstić information content (AvgIpc) is 2.02. The van der Waals surface area contributed by atoms with Gasteiger partial charge in [-0.05, 0) is 33.4 Å². The molecule has 0 unspecified atom stereocenters. The number of likely N-dealkylation sites (N-methyl/N-ethyl adjacent to an activating group) is 1. The molecule has 1 aliphatic rings. The van der Waals surface area contributed by atoms with Gasteiger partial charge in [-0.25, -0.2) is 0 Å². The summed E-state index contributed by atoms with van der Waals surface area (Å²) in [6, 6.07) is 0. The fraction of sp³-hybridized carbons (Fsp3) is 0.900. The Morgan fingerprint density at radius 2 is 2.14 bits per heavy atom. The number of carbonyl (C=O) groups excluding carboxylic acids is 1. The standard InChI is InChI=1S/C10H20N2O2/c1-12(2)10(5-4-6-10)8-11-9(13)7-14-3/h4-8H2,1-3H3,(H,11,13). The van der Waals surface area contributed by atoms with Crippen LogP contribution in [0.3, 0.4) is 0 Å². The Morgan fingerprint density at radius 3 is 2.50 bits per heavy atom. The van der Waals surface area contributed by atoms with Gasteiger partial charge < -0.3 is 15.0 Å². The van der Waals surface area contributed by atoms with E-state index in [0.29, 0.717) is 0 Å². The SMILES string of the molecule is COCC(=O)NCC1(N(C)C)CCC1. The third-order valence-corrected chi connectivity index (χ3v) is 3.12. The lowest BCUT2D eigenvalue weighted by Gasteiger charge is -2.47. The Labute approximate surface area is 85.6 Å². The predicted molar refractivity (Wildman–Crippen MR) is 55.2 cm³/mol. The minimum absolute atomic E-state index is 0.0272. The quantitative estimate of drug-likeness (QED) is 0.691. The van der Waals surface area contributed by atoms with E-state index >= 15 is 0 Å². The molecule has 0 aliphatic heterocycles. The zero-order valence-corrected chi connectivity index (χ0v) is 9.30. The molecule has 0 aromatic carbocycles. The van der Waals surface area contributed by atoms with Crippen LogP contribution in [0.4, 0.5) is 0 Å².